The lowest BCUT2D eigenvalue weighted by molar-refractivity contribution is 0.140. The molecule has 0 amide bonds. The van der Waals surface area contributed by atoms with Gasteiger partial charge in [-0.15, -0.1) is 0 Å². The summed E-state index contributed by atoms with van der Waals surface area (Å²) in [6.45, 7) is 5.10. The van der Waals surface area contributed by atoms with E-state index in [4.69, 9.17) is 4.42 Å². The number of hydrogen-bond acceptors (Lipinski definition) is 6. The zero-order valence-corrected chi connectivity index (χ0v) is 17.2. The van der Waals surface area contributed by atoms with E-state index in [9.17, 15) is 5.21 Å². The third-order valence-corrected chi connectivity index (χ3v) is 6.18. The molecule has 1 aliphatic heterocycles. The third-order valence-electron chi connectivity index (χ3n) is 6.18. The Kier molecular flexibility index (Phi) is 5.11. The molecule has 1 N–H and O–H groups in total. The van der Waals surface area contributed by atoms with Gasteiger partial charge in [0.25, 0.3) is 0 Å². The maximum atomic E-state index is 9.22. The van der Waals surface area contributed by atoms with Crippen molar-refractivity contribution in [3.63, 3.8) is 0 Å². The van der Waals surface area contributed by atoms with Gasteiger partial charge in [0.05, 0.1) is 12.3 Å². The molecule has 154 valence electrons. The molecule has 3 aromatic rings. The lowest BCUT2D eigenvalue weighted by Crippen LogP contribution is -2.43. The van der Waals surface area contributed by atoms with Crippen molar-refractivity contribution in [3.05, 3.63) is 65.7 Å². The van der Waals surface area contributed by atoms with Crippen LogP contribution in [0.1, 0.15) is 23.3 Å². The van der Waals surface area contributed by atoms with Crippen molar-refractivity contribution in [2.24, 2.45) is 5.16 Å². The fraction of sp³-hybridized carbons (Fsp3) is 0.333. The van der Waals surface area contributed by atoms with Crippen LogP contribution in [0.2, 0.25) is 0 Å². The molecule has 0 spiro atoms. The zero-order valence-electron chi connectivity index (χ0n) is 17.2. The summed E-state index contributed by atoms with van der Waals surface area (Å²) < 4.78 is 6.44. The number of rotatable bonds is 4. The first-order valence-electron chi connectivity index (χ1n) is 10.5. The van der Waals surface area contributed by atoms with Gasteiger partial charge in [-0.3, -0.25) is 9.88 Å². The maximum absolute atomic E-state index is 9.22. The average molecular weight is 402 g/mol. The Hall–Kier alpha value is -2.96. The van der Waals surface area contributed by atoms with Crippen LogP contribution >= 0.6 is 0 Å². The molecule has 1 fully saturated rings. The molecule has 1 aliphatic carbocycles. The van der Waals surface area contributed by atoms with Gasteiger partial charge in [-0.1, -0.05) is 17.3 Å². The summed E-state index contributed by atoms with van der Waals surface area (Å²) in [5, 5.41) is 12.7. The number of aromatic nitrogens is 1. The molecule has 0 bridgehead atoms. The van der Waals surface area contributed by atoms with Crippen molar-refractivity contribution < 1.29 is 9.62 Å². The number of fused-ring (bicyclic) bond motifs is 1. The minimum atomic E-state index is 0.765. The summed E-state index contributed by atoms with van der Waals surface area (Å²) >= 11 is 0. The molecule has 30 heavy (non-hydrogen) atoms. The number of pyridine rings is 1. The number of nitrogens with zero attached hydrogens (tertiary/aromatic N) is 4. The number of oxime groups is 1. The summed E-state index contributed by atoms with van der Waals surface area (Å²) in [5.41, 5.74) is 6.27. The summed E-state index contributed by atoms with van der Waals surface area (Å²) in [7, 11) is 2.17. The van der Waals surface area contributed by atoms with E-state index in [-0.39, 0.29) is 0 Å². The molecule has 6 heteroatoms. The molecule has 0 radical (unpaired) electrons. The van der Waals surface area contributed by atoms with E-state index < -0.39 is 0 Å². The number of benzene rings is 1. The van der Waals surface area contributed by atoms with Gasteiger partial charge in [0.1, 0.15) is 11.5 Å². The molecule has 3 heterocycles. The van der Waals surface area contributed by atoms with Crippen LogP contribution in [0.3, 0.4) is 0 Å². The molecular formula is C24H26N4O2. The lowest BCUT2D eigenvalue weighted by Gasteiger charge is -2.31. The van der Waals surface area contributed by atoms with E-state index in [0.29, 0.717) is 0 Å². The van der Waals surface area contributed by atoms with Crippen LogP contribution in [0, 0.1) is 0 Å². The van der Waals surface area contributed by atoms with Gasteiger partial charge in [0, 0.05) is 55.3 Å². The van der Waals surface area contributed by atoms with E-state index in [0.717, 1.165) is 85.1 Å². The highest BCUT2D eigenvalue weighted by molar-refractivity contribution is 6.04. The molecule has 1 saturated heterocycles. The highest BCUT2D eigenvalue weighted by Gasteiger charge is 2.22. The number of aryl methyl sites for hydroxylation is 1. The van der Waals surface area contributed by atoms with Crippen LogP contribution in [0.25, 0.3) is 22.5 Å². The predicted molar refractivity (Wildman–Crippen MR) is 117 cm³/mol. The summed E-state index contributed by atoms with van der Waals surface area (Å²) in [4.78, 5) is 8.98. The second-order valence-corrected chi connectivity index (χ2v) is 8.19. The van der Waals surface area contributed by atoms with Crippen LogP contribution in [0.15, 0.2) is 58.4 Å². The van der Waals surface area contributed by atoms with Gasteiger partial charge in [-0.2, -0.15) is 0 Å². The summed E-state index contributed by atoms with van der Waals surface area (Å²) in [6.07, 6.45) is 5.30. The Bertz CT molecular complexity index is 1070. The normalized spacial score (nSPS) is 18.8. The first kappa shape index (κ1) is 19.0. The van der Waals surface area contributed by atoms with Crippen LogP contribution in [0.4, 0.5) is 0 Å². The maximum Gasteiger partial charge on any atom is 0.142 e. The molecule has 0 unspecified atom stereocenters. The Balaban J connectivity index is 1.51. The van der Waals surface area contributed by atoms with E-state index >= 15 is 0 Å². The van der Waals surface area contributed by atoms with Gasteiger partial charge >= 0.3 is 0 Å². The zero-order chi connectivity index (χ0) is 20.5. The van der Waals surface area contributed by atoms with Crippen molar-refractivity contribution in [3.8, 4) is 22.5 Å². The van der Waals surface area contributed by atoms with Gasteiger partial charge < -0.3 is 14.5 Å². The third kappa shape index (κ3) is 3.64. The van der Waals surface area contributed by atoms with E-state index in [2.05, 4.69) is 45.2 Å². The molecule has 1 aromatic carbocycles. The van der Waals surface area contributed by atoms with E-state index in [1.165, 1.54) is 5.56 Å². The largest absolute Gasteiger partial charge is 0.459 e. The van der Waals surface area contributed by atoms with E-state index in [1.54, 1.807) is 0 Å². The number of hydrogen-bond donors (Lipinski definition) is 1. The molecule has 6 nitrogen and oxygen atoms in total. The van der Waals surface area contributed by atoms with Crippen molar-refractivity contribution in [1.29, 1.82) is 0 Å². The Morgan fingerprint density at radius 3 is 2.53 bits per heavy atom. The van der Waals surface area contributed by atoms with Crippen molar-refractivity contribution in [2.45, 2.75) is 19.4 Å². The topological polar surface area (TPSA) is 65.1 Å². The molecule has 2 aliphatic rings. The smallest absolute Gasteiger partial charge is 0.142 e. The van der Waals surface area contributed by atoms with Crippen LogP contribution in [-0.4, -0.2) is 58.9 Å². The first-order chi connectivity index (χ1) is 14.7. The monoisotopic (exact) mass is 402 g/mol. The van der Waals surface area contributed by atoms with Crippen LogP contribution in [0.5, 0.6) is 0 Å². The minimum Gasteiger partial charge on any atom is -0.459 e. The van der Waals surface area contributed by atoms with Gasteiger partial charge in [-0.05, 0) is 55.3 Å². The Labute approximate surface area is 176 Å². The highest BCUT2D eigenvalue weighted by Crippen LogP contribution is 2.37. The molecule has 5 rings (SSSR count). The fourth-order valence-electron chi connectivity index (χ4n) is 4.42. The van der Waals surface area contributed by atoms with Crippen molar-refractivity contribution in [1.82, 2.24) is 14.8 Å². The second-order valence-electron chi connectivity index (χ2n) is 8.19. The van der Waals surface area contributed by atoms with Crippen LogP contribution in [-0.2, 0) is 13.0 Å². The molecular weight excluding hydrogens is 376 g/mol. The van der Waals surface area contributed by atoms with Crippen molar-refractivity contribution >= 4 is 5.71 Å². The molecule has 2 aromatic heterocycles. The number of likely N-dealkylation sites (N-methyl/N-ethyl adjacent to an activating group) is 1. The number of furan rings is 1. The Morgan fingerprint density at radius 2 is 1.77 bits per heavy atom. The van der Waals surface area contributed by atoms with Gasteiger partial charge in [0.15, 0.2) is 0 Å². The van der Waals surface area contributed by atoms with E-state index in [1.807, 2.05) is 30.6 Å². The fourth-order valence-corrected chi connectivity index (χ4v) is 4.42. The summed E-state index contributed by atoms with van der Waals surface area (Å²) in [5.74, 6) is 1.88. The van der Waals surface area contributed by atoms with Gasteiger partial charge in [0.2, 0.25) is 0 Å². The molecule has 0 saturated carbocycles. The van der Waals surface area contributed by atoms with Crippen LogP contribution < -0.4 is 0 Å². The second kappa shape index (κ2) is 8.05. The molecule has 0 atom stereocenters. The highest BCUT2D eigenvalue weighted by atomic mass is 16.4. The lowest BCUT2D eigenvalue weighted by atomic mass is 9.99. The van der Waals surface area contributed by atoms with Crippen molar-refractivity contribution in [2.75, 3.05) is 33.2 Å². The Morgan fingerprint density at radius 1 is 0.967 bits per heavy atom. The first-order valence-corrected chi connectivity index (χ1v) is 10.5. The average Bonchev–Trinajstić information content (AvgIpc) is 3.39. The minimum absolute atomic E-state index is 0.765. The predicted octanol–water partition coefficient (Wildman–Crippen LogP) is 3.88. The summed E-state index contributed by atoms with van der Waals surface area (Å²) in [6, 6.07) is 12.5. The van der Waals surface area contributed by atoms with Gasteiger partial charge in [-0.25, -0.2) is 0 Å². The standard InChI is InChI=1S/C24H26N4O2/c1-27-10-12-28(13-11-27)16-20-15-22(17-6-8-25-9-7-17)24(30-20)19-2-4-21-18(14-19)3-5-23(21)26-29/h2,4,6-9,14-15,29H,3,5,10-13,16H2,1H3/b26-23-. The SMILES string of the molecule is CN1CCN(Cc2cc(-c3ccncc3)c(-c3ccc4c(c3)CC/C4=N/O)o2)CC1. The quantitative estimate of drug-likeness (QED) is 0.530. The number of piperazine rings is 1.